The first-order chi connectivity index (χ1) is 31.9. The molecule has 0 aromatic rings. The van der Waals surface area contributed by atoms with Gasteiger partial charge in [0, 0.05) is 0 Å². The molecular weight excluding hydrogens is 944 g/mol. The Kier molecular flexibility index (Phi) is 19.2. The Morgan fingerprint density at radius 2 is 0.588 bits per heavy atom. The van der Waals surface area contributed by atoms with Crippen molar-refractivity contribution in [2.24, 2.45) is 0 Å². The van der Waals surface area contributed by atoms with Crippen molar-refractivity contribution in [3.8, 4) is 0 Å². The standard InChI is InChI=1S/C36H62O32/c37-1-7-13(38)21(46)27(52)33(65-7)58-2-8-14(39)22(47)28(53)34(66-8)59-3-9-15(40)23(48)29(54)35(67-9)60-4-12-18(43)24(49)30(55)36(68-12,61-5-10-16(41)19(44)25(50)31(56)63-10)62-6-11-17(42)20(45)26(51)32(57)64-11/h7-35,37-57H,1-6H2/t7-,8-,9-,10-,11-,12-,13-,14-,15-,16-,17-,18-,19+,20+,21+,22+,23+,24+,25+,26+,27+,28+,29+,30+,31-,32+,33+,34+,35+,36?/m1/s1. The molecule has 0 spiro atoms. The first-order valence-electron chi connectivity index (χ1n) is 21.2. The third kappa shape index (κ3) is 11.6. The van der Waals surface area contributed by atoms with Gasteiger partial charge in [-0.1, -0.05) is 0 Å². The molecule has 30 atom stereocenters. The topological polar surface area (TPSA) is 526 Å². The van der Waals surface area contributed by atoms with Crippen molar-refractivity contribution in [1.29, 1.82) is 0 Å². The Morgan fingerprint density at radius 1 is 0.294 bits per heavy atom. The lowest BCUT2D eigenvalue weighted by Crippen LogP contribution is -2.69. The zero-order valence-electron chi connectivity index (χ0n) is 35.4. The minimum atomic E-state index is -3.09. The SMILES string of the molecule is OC[C@H]1O[C@H](OC[C@H]2O[C@H](OC[C@H]3O[C@H](OC[C@H]4OC(OC[C@H]5O[C@@H](O)[C@@H](O)[C@@H](O)[C@@H]5O)(OC[C@H]5O[C@H](O)[C@@H](O)[C@@H](O)[C@@H]5O)[C@@H](O)[C@@H](O)[C@@H]4O)[C@@H](O)[C@@H](O)[C@@H]3O)[C@@H](O)[C@@H](O)[C@@H]2O)[C@@H](O)[C@@H](O)[C@@H]1O. The van der Waals surface area contributed by atoms with Crippen LogP contribution in [-0.4, -0.2) is 331 Å². The molecule has 6 rings (SSSR count). The van der Waals surface area contributed by atoms with Crippen molar-refractivity contribution in [3.63, 3.8) is 0 Å². The van der Waals surface area contributed by atoms with Crippen molar-refractivity contribution >= 4 is 0 Å². The number of aliphatic hydroxyl groups is 21. The van der Waals surface area contributed by atoms with Crippen LogP contribution in [0.15, 0.2) is 0 Å². The third-order valence-corrected chi connectivity index (χ3v) is 12.5. The van der Waals surface area contributed by atoms with Crippen LogP contribution in [0.25, 0.3) is 0 Å². The zero-order valence-corrected chi connectivity index (χ0v) is 35.4. The van der Waals surface area contributed by atoms with E-state index in [1.807, 2.05) is 0 Å². The molecule has 0 bridgehead atoms. The van der Waals surface area contributed by atoms with Crippen LogP contribution in [0, 0.1) is 0 Å². The van der Waals surface area contributed by atoms with Gasteiger partial charge in [0.2, 0.25) is 0 Å². The van der Waals surface area contributed by atoms with Gasteiger partial charge in [0.25, 0.3) is 0 Å². The van der Waals surface area contributed by atoms with Gasteiger partial charge in [0.1, 0.15) is 140 Å². The lowest BCUT2D eigenvalue weighted by atomic mass is 9.96. The van der Waals surface area contributed by atoms with Crippen molar-refractivity contribution in [2.45, 2.75) is 184 Å². The predicted molar refractivity (Wildman–Crippen MR) is 200 cm³/mol. The van der Waals surface area contributed by atoms with Gasteiger partial charge in [-0.25, -0.2) is 0 Å². The van der Waals surface area contributed by atoms with Crippen molar-refractivity contribution in [1.82, 2.24) is 0 Å². The first-order valence-corrected chi connectivity index (χ1v) is 21.2. The van der Waals surface area contributed by atoms with E-state index in [2.05, 4.69) is 0 Å². The number of ether oxygens (including phenoxy) is 11. The van der Waals surface area contributed by atoms with E-state index in [-0.39, 0.29) is 0 Å². The molecule has 398 valence electrons. The summed E-state index contributed by atoms with van der Waals surface area (Å²) in [5.41, 5.74) is 0. The molecule has 68 heavy (non-hydrogen) atoms. The summed E-state index contributed by atoms with van der Waals surface area (Å²) in [7, 11) is 0. The Balaban J connectivity index is 1.12. The molecular formula is C36H62O32. The summed E-state index contributed by atoms with van der Waals surface area (Å²) in [5.74, 6) is -3.09. The second-order valence-corrected chi connectivity index (χ2v) is 17.1. The summed E-state index contributed by atoms with van der Waals surface area (Å²) in [5, 5.41) is 218. The van der Waals surface area contributed by atoms with Crippen LogP contribution in [0.1, 0.15) is 0 Å². The highest BCUT2D eigenvalue weighted by molar-refractivity contribution is 4.98. The quantitative estimate of drug-likeness (QED) is 0.0638. The Morgan fingerprint density at radius 3 is 0.956 bits per heavy atom. The maximum atomic E-state index is 11.2. The van der Waals surface area contributed by atoms with E-state index in [1.54, 1.807) is 0 Å². The van der Waals surface area contributed by atoms with Gasteiger partial charge in [0.15, 0.2) is 37.6 Å². The van der Waals surface area contributed by atoms with Gasteiger partial charge in [-0.05, 0) is 0 Å². The molecule has 6 fully saturated rings. The molecule has 0 saturated carbocycles. The minimum absolute atomic E-state index is 0.728. The maximum absolute atomic E-state index is 11.2. The van der Waals surface area contributed by atoms with Crippen LogP contribution in [0.3, 0.4) is 0 Å². The molecule has 32 heteroatoms. The summed E-state index contributed by atoms with van der Waals surface area (Å²) in [4.78, 5) is 0. The number of hydrogen-bond donors (Lipinski definition) is 21. The van der Waals surface area contributed by atoms with Gasteiger partial charge >= 0.3 is 5.97 Å². The van der Waals surface area contributed by atoms with Crippen LogP contribution in [-0.2, 0) is 52.1 Å². The molecule has 6 saturated heterocycles. The molecule has 21 N–H and O–H groups in total. The molecule has 0 amide bonds. The Hall–Kier alpha value is -1.28. The Labute approximate surface area is 382 Å². The van der Waals surface area contributed by atoms with Gasteiger partial charge in [-0.15, -0.1) is 0 Å². The van der Waals surface area contributed by atoms with Gasteiger partial charge < -0.3 is 159 Å². The molecule has 0 radical (unpaired) electrons. The maximum Gasteiger partial charge on any atom is 0.313 e. The lowest BCUT2D eigenvalue weighted by Gasteiger charge is -2.49. The van der Waals surface area contributed by atoms with E-state index in [4.69, 9.17) is 52.1 Å². The Bertz CT molecular complexity index is 1520. The highest BCUT2D eigenvalue weighted by Crippen LogP contribution is 2.36. The molecule has 6 aliphatic heterocycles. The highest BCUT2D eigenvalue weighted by Gasteiger charge is 2.59. The van der Waals surface area contributed by atoms with E-state index >= 15 is 0 Å². The lowest BCUT2D eigenvalue weighted by molar-refractivity contribution is -0.473. The fourth-order valence-electron chi connectivity index (χ4n) is 8.07. The smallest absolute Gasteiger partial charge is 0.313 e. The summed E-state index contributed by atoms with van der Waals surface area (Å²) < 4.78 is 59.9. The van der Waals surface area contributed by atoms with Crippen molar-refractivity contribution in [2.75, 3.05) is 39.6 Å². The molecule has 6 aliphatic rings. The number of hydrogen-bond acceptors (Lipinski definition) is 32. The second-order valence-electron chi connectivity index (χ2n) is 17.1. The molecule has 0 aliphatic carbocycles. The van der Waals surface area contributed by atoms with Crippen LogP contribution >= 0.6 is 0 Å². The number of aliphatic hydroxyl groups excluding tert-OH is 21. The molecule has 32 nitrogen and oxygen atoms in total. The fraction of sp³-hybridized carbons (Fsp3) is 1.00. The normalized spacial score (nSPS) is 53.9. The molecule has 6 heterocycles. The molecule has 0 aromatic carbocycles. The van der Waals surface area contributed by atoms with Gasteiger partial charge in [-0.3, -0.25) is 0 Å². The van der Waals surface area contributed by atoms with E-state index in [1.165, 1.54) is 0 Å². The van der Waals surface area contributed by atoms with E-state index in [9.17, 15) is 107 Å². The van der Waals surface area contributed by atoms with E-state index in [0.717, 1.165) is 0 Å². The zero-order chi connectivity index (χ0) is 50.3. The largest absolute Gasteiger partial charge is 0.394 e. The average molecular weight is 1010 g/mol. The number of rotatable bonds is 16. The summed E-state index contributed by atoms with van der Waals surface area (Å²) >= 11 is 0. The van der Waals surface area contributed by atoms with Crippen LogP contribution < -0.4 is 0 Å². The second kappa shape index (κ2) is 23.3. The summed E-state index contributed by atoms with van der Waals surface area (Å²) in [6.07, 6.45) is -56.3. The van der Waals surface area contributed by atoms with E-state index in [0.29, 0.717) is 0 Å². The van der Waals surface area contributed by atoms with Crippen LogP contribution in [0.4, 0.5) is 0 Å². The van der Waals surface area contributed by atoms with Gasteiger partial charge in [0.05, 0.1) is 39.6 Å². The first kappa shape index (κ1) is 56.0. The van der Waals surface area contributed by atoms with Crippen LogP contribution in [0.5, 0.6) is 0 Å². The van der Waals surface area contributed by atoms with Crippen molar-refractivity contribution < 1.29 is 159 Å². The average Bonchev–Trinajstić information content (AvgIpc) is 3.32. The highest BCUT2D eigenvalue weighted by atomic mass is 16.9. The van der Waals surface area contributed by atoms with Gasteiger partial charge in [-0.2, -0.15) is 0 Å². The predicted octanol–water partition coefficient (Wildman–Crippen LogP) is -14.8. The monoisotopic (exact) mass is 1010 g/mol. The van der Waals surface area contributed by atoms with Crippen LogP contribution in [0.2, 0.25) is 0 Å². The summed E-state index contributed by atoms with van der Waals surface area (Å²) in [6, 6.07) is 0. The molecule has 0 aromatic heterocycles. The fourth-order valence-corrected chi connectivity index (χ4v) is 8.07. The van der Waals surface area contributed by atoms with Crippen molar-refractivity contribution in [3.05, 3.63) is 0 Å². The molecule has 1 unspecified atom stereocenters. The third-order valence-electron chi connectivity index (χ3n) is 12.5. The minimum Gasteiger partial charge on any atom is -0.394 e. The summed E-state index contributed by atoms with van der Waals surface area (Å²) in [6.45, 7) is -5.45. The van der Waals surface area contributed by atoms with E-state index < -0.39 is 224 Å².